The van der Waals surface area contributed by atoms with E-state index < -0.39 is 0 Å². The number of H-pyrrole nitrogens is 1. The molecule has 1 N–H and O–H groups in total. The summed E-state index contributed by atoms with van der Waals surface area (Å²) in [5.74, 6) is 0.664. The van der Waals surface area contributed by atoms with Gasteiger partial charge in [0.05, 0.1) is 9.26 Å². The highest BCUT2D eigenvalue weighted by atomic mass is 127. The lowest BCUT2D eigenvalue weighted by atomic mass is 10.1. The van der Waals surface area contributed by atoms with Gasteiger partial charge in [0.15, 0.2) is 0 Å². The number of rotatable bonds is 3. The predicted molar refractivity (Wildman–Crippen MR) is 86.5 cm³/mol. The standard InChI is InChI=1S/C15H17IN2O/c1-4-5-12-13(16)15(19)18-14(17-12)11-7-6-9(2)10(3)8-11/h6-8H,4-5H2,1-3H3,(H,17,18,19). The van der Waals surface area contributed by atoms with Crippen LogP contribution >= 0.6 is 22.6 Å². The summed E-state index contributed by atoms with van der Waals surface area (Å²) in [5, 5.41) is 0. The minimum Gasteiger partial charge on any atom is -0.306 e. The van der Waals surface area contributed by atoms with Gasteiger partial charge in [-0.15, -0.1) is 0 Å². The lowest BCUT2D eigenvalue weighted by molar-refractivity contribution is 0.860. The van der Waals surface area contributed by atoms with Crippen LogP contribution in [0.25, 0.3) is 11.4 Å². The molecule has 19 heavy (non-hydrogen) atoms. The predicted octanol–water partition coefficient (Wildman–Crippen LogP) is 3.61. The van der Waals surface area contributed by atoms with Gasteiger partial charge in [-0.2, -0.15) is 0 Å². The van der Waals surface area contributed by atoms with Crippen molar-refractivity contribution in [3.8, 4) is 11.4 Å². The summed E-state index contributed by atoms with van der Waals surface area (Å²) in [6.45, 7) is 6.23. The third-order valence-corrected chi connectivity index (χ3v) is 4.31. The topological polar surface area (TPSA) is 45.8 Å². The molecule has 0 aliphatic heterocycles. The van der Waals surface area contributed by atoms with E-state index >= 15 is 0 Å². The Morgan fingerprint density at radius 1 is 1.26 bits per heavy atom. The van der Waals surface area contributed by atoms with Gasteiger partial charge in [0.2, 0.25) is 0 Å². The fourth-order valence-electron chi connectivity index (χ4n) is 1.93. The Labute approximate surface area is 126 Å². The van der Waals surface area contributed by atoms with Crippen LogP contribution in [0.15, 0.2) is 23.0 Å². The molecule has 2 aromatic rings. The van der Waals surface area contributed by atoms with E-state index in [1.54, 1.807) is 0 Å². The van der Waals surface area contributed by atoms with E-state index in [1.165, 1.54) is 11.1 Å². The summed E-state index contributed by atoms with van der Waals surface area (Å²) < 4.78 is 0.701. The normalized spacial score (nSPS) is 10.7. The van der Waals surface area contributed by atoms with Crippen molar-refractivity contribution < 1.29 is 0 Å². The van der Waals surface area contributed by atoms with Crippen molar-refractivity contribution in [3.63, 3.8) is 0 Å². The summed E-state index contributed by atoms with van der Waals surface area (Å²) in [6, 6.07) is 6.13. The van der Waals surface area contributed by atoms with Crippen LogP contribution in [0.5, 0.6) is 0 Å². The molecule has 0 bridgehead atoms. The van der Waals surface area contributed by atoms with Crippen LogP contribution in [0, 0.1) is 17.4 Å². The zero-order chi connectivity index (χ0) is 14.0. The second-order valence-corrected chi connectivity index (χ2v) is 5.80. The number of halogens is 1. The van der Waals surface area contributed by atoms with Gasteiger partial charge in [0, 0.05) is 5.56 Å². The lowest BCUT2D eigenvalue weighted by Gasteiger charge is -2.08. The first-order valence-corrected chi connectivity index (χ1v) is 7.47. The van der Waals surface area contributed by atoms with Crippen LogP contribution in [0.4, 0.5) is 0 Å². The van der Waals surface area contributed by atoms with Crippen LogP contribution in [-0.2, 0) is 6.42 Å². The molecule has 0 aliphatic rings. The zero-order valence-electron chi connectivity index (χ0n) is 11.4. The summed E-state index contributed by atoms with van der Waals surface area (Å²) in [5.41, 5.74) is 4.25. The molecule has 0 saturated heterocycles. The molecule has 3 nitrogen and oxygen atoms in total. The van der Waals surface area contributed by atoms with Crippen molar-refractivity contribution in [1.29, 1.82) is 0 Å². The highest BCUT2D eigenvalue weighted by molar-refractivity contribution is 14.1. The zero-order valence-corrected chi connectivity index (χ0v) is 13.5. The van der Waals surface area contributed by atoms with Crippen molar-refractivity contribution in [2.75, 3.05) is 0 Å². The van der Waals surface area contributed by atoms with Gasteiger partial charge in [-0.1, -0.05) is 25.5 Å². The SMILES string of the molecule is CCCc1nc(-c2ccc(C)c(C)c2)[nH]c(=O)c1I. The number of hydrogen-bond acceptors (Lipinski definition) is 2. The first kappa shape index (κ1) is 14.2. The number of benzene rings is 1. The van der Waals surface area contributed by atoms with E-state index in [-0.39, 0.29) is 5.56 Å². The van der Waals surface area contributed by atoms with Gasteiger partial charge >= 0.3 is 0 Å². The van der Waals surface area contributed by atoms with E-state index in [9.17, 15) is 4.79 Å². The molecule has 1 heterocycles. The van der Waals surface area contributed by atoms with Gasteiger partial charge < -0.3 is 4.98 Å². The number of nitrogens with zero attached hydrogens (tertiary/aromatic N) is 1. The second kappa shape index (κ2) is 5.86. The molecule has 0 aliphatic carbocycles. The molecule has 2 rings (SSSR count). The second-order valence-electron chi connectivity index (χ2n) is 4.72. The smallest absolute Gasteiger partial charge is 0.264 e. The third-order valence-electron chi connectivity index (χ3n) is 3.20. The highest BCUT2D eigenvalue weighted by Crippen LogP contribution is 2.19. The van der Waals surface area contributed by atoms with Crippen LogP contribution in [-0.4, -0.2) is 9.97 Å². The summed E-state index contributed by atoms with van der Waals surface area (Å²) in [7, 11) is 0. The maximum atomic E-state index is 12.0. The number of aryl methyl sites for hydroxylation is 3. The van der Waals surface area contributed by atoms with Gasteiger partial charge in [-0.05, 0) is 60.1 Å². The molecule has 0 fully saturated rings. The minimum atomic E-state index is -0.0488. The van der Waals surface area contributed by atoms with Crippen molar-refractivity contribution in [3.05, 3.63) is 48.9 Å². The van der Waals surface area contributed by atoms with Crippen molar-refractivity contribution in [1.82, 2.24) is 9.97 Å². The van der Waals surface area contributed by atoms with E-state index in [0.29, 0.717) is 9.39 Å². The van der Waals surface area contributed by atoms with Gasteiger partial charge in [0.1, 0.15) is 5.82 Å². The molecular weight excluding hydrogens is 351 g/mol. The van der Waals surface area contributed by atoms with Gasteiger partial charge in [-0.3, -0.25) is 4.79 Å². The monoisotopic (exact) mass is 368 g/mol. The molecule has 0 radical (unpaired) electrons. The van der Waals surface area contributed by atoms with Gasteiger partial charge in [0.25, 0.3) is 5.56 Å². The Hall–Kier alpha value is -1.17. The third kappa shape index (κ3) is 3.05. The maximum absolute atomic E-state index is 12.0. The van der Waals surface area contributed by atoms with Crippen molar-refractivity contribution >= 4 is 22.6 Å². The Morgan fingerprint density at radius 3 is 2.63 bits per heavy atom. The fourth-order valence-corrected chi connectivity index (χ4v) is 2.46. The molecule has 0 atom stereocenters. The van der Waals surface area contributed by atoms with E-state index in [4.69, 9.17) is 0 Å². The Morgan fingerprint density at radius 2 is 2.00 bits per heavy atom. The van der Waals surface area contributed by atoms with Crippen molar-refractivity contribution in [2.24, 2.45) is 0 Å². The largest absolute Gasteiger partial charge is 0.306 e. The molecule has 0 spiro atoms. The summed E-state index contributed by atoms with van der Waals surface area (Å²) in [6.07, 6.45) is 1.82. The van der Waals surface area contributed by atoms with E-state index in [1.807, 2.05) is 6.07 Å². The average molecular weight is 368 g/mol. The Balaban J connectivity index is 2.56. The number of aromatic nitrogens is 2. The van der Waals surface area contributed by atoms with Crippen molar-refractivity contribution in [2.45, 2.75) is 33.6 Å². The van der Waals surface area contributed by atoms with E-state index in [2.05, 4.69) is 65.5 Å². The minimum absolute atomic E-state index is 0.0488. The lowest BCUT2D eigenvalue weighted by Crippen LogP contribution is -2.16. The van der Waals surface area contributed by atoms with Crippen LogP contribution in [0.1, 0.15) is 30.2 Å². The molecule has 1 aromatic carbocycles. The first-order chi connectivity index (χ1) is 9.02. The molecule has 0 saturated carbocycles. The summed E-state index contributed by atoms with van der Waals surface area (Å²) >= 11 is 2.07. The van der Waals surface area contributed by atoms with Crippen LogP contribution in [0.2, 0.25) is 0 Å². The number of aromatic amines is 1. The number of nitrogens with one attached hydrogen (secondary N) is 1. The highest BCUT2D eigenvalue weighted by Gasteiger charge is 2.10. The van der Waals surface area contributed by atoms with Gasteiger partial charge in [-0.25, -0.2) is 4.98 Å². The Kier molecular flexibility index (Phi) is 4.39. The molecule has 100 valence electrons. The first-order valence-electron chi connectivity index (χ1n) is 6.39. The fraction of sp³-hybridized carbons (Fsp3) is 0.333. The summed E-state index contributed by atoms with van der Waals surface area (Å²) in [4.78, 5) is 19.4. The van der Waals surface area contributed by atoms with Crippen LogP contribution < -0.4 is 5.56 Å². The molecule has 0 unspecified atom stereocenters. The average Bonchev–Trinajstić information content (AvgIpc) is 2.38. The van der Waals surface area contributed by atoms with E-state index in [0.717, 1.165) is 24.1 Å². The van der Waals surface area contributed by atoms with Crippen LogP contribution in [0.3, 0.4) is 0 Å². The quantitative estimate of drug-likeness (QED) is 0.842. The molecule has 0 amide bonds. The Bertz CT molecular complexity index is 662. The number of hydrogen-bond donors (Lipinski definition) is 1. The molecule has 1 aromatic heterocycles. The molecular formula is C15H17IN2O. The maximum Gasteiger partial charge on any atom is 0.264 e. The molecule has 4 heteroatoms.